The van der Waals surface area contributed by atoms with Gasteiger partial charge in [0.05, 0.1) is 16.6 Å². The predicted molar refractivity (Wildman–Crippen MR) is 133 cm³/mol. The minimum absolute atomic E-state index is 0.0126. The van der Waals surface area contributed by atoms with Gasteiger partial charge in [0, 0.05) is 11.4 Å². The second kappa shape index (κ2) is 10.8. The summed E-state index contributed by atoms with van der Waals surface area (Å²) in [6.07, 6.45) is 1.02. The van der Waals surface area contributed by atoms with Crippen LogP contribution in [0.4, 0.5) is 15.8 Å². The van der Waals surface area contributed by atoms with Gasteiger partial charge in [-0.1, -0.05) is 41.9 Å². The number of hydrogen-bond acceptors (Lipinski definition) is 5. The van der Waals surface area contributed by atoms with Crippen LogP contribution in [-0.2, 0) is 0 Å². The summed E-state index contributed by atoms with van der Waals surface area (Å²) in [7, 11) is 0. The molecule has 10 heteroatoms. The summed E-state index contributed by atoms with van der Waals surface area (Å²) in [5.41, 5.74) is 1.68. The molecule has 0 radical (unpaired) electrons. The van der Waals surface area contributed by atoms with Crippen molar-refractivity contribution in [1.29, 1.82) is 0 Å². The van der Waals surface area contributed by atoms with Gasteiger partial charge < -0.3 is 20.4 Å². The second-order valence-electron chi connectivity index (χ2n) is 7.75. The summed E-state index contributed by atoms with van der Waals surface area (Å²) >= 11 is 5.93. The highest BCUT2D eigenvalue weighted by molar-refractivity contribution is 6.34. The van der Waals surface area contributed by atoms with Crippen LogP contribution in [-0.4, -0.2) is 22.7 Å². The minimum Gasteiger partial charge on any atom is -0.437 e. The number of anilines is 2. The van der Waals surface area contributed by atoms with Crippen LogP contribution in [0, 0.1) is 5.82 Å². The molecular weight excluding hydrogens is 487 g/mol. The Kier molecular flexibility index (Phi) is 7.41. The van der Waals surface area contributed by atoms with Gasteiger partial charge in [-0.3, -0.25) is 14.4 Å². The number of nitrogens with one attached hydrogen (secondary N) is 3. The molecular formula is C26H20ClFN4O4. The third-order valence-electron chi connectivity index (χ3n) is 5.21. The summed E-state index contributed by atoms with van der Waals surface area (Å²) < 4.78 is 18.4. The van der Waals surface area contributed by atoms with Crippen molar-refractivity contribution in [3.8, 4) is 0 Å². The Morgan fingerprint density at radius 3 is 2.17 bits per heavy atom. The molecule has 4 aromatic rings. The summed E-state index contributed by atoms with van der Waals surface area (Å²) in [6.45, 7) is 1.82. The van der Waals surface area contributed by atoms with E-state index in [4.69, 9.17) is 16.0 Å². The first-order valence-electron chi connectivity index (χ1n) is 10.8. The molecule has 3 aromatic carbocycles. The smallest absolute Gasteiger partial charge is 0.293 e. The van der Waals surface area contributed by atoms with E-state index in [9.17, 15) is 18.8 Å². The molecule has 182 valence electrons. The quantitative estimate of drug-likeness (QED) is 0.308. The lowest BCUT2D eigenvalue weighted by molar-refractivity contribution is 0.0917. The van der Waals surface area contributed by atoms with Crippen LogP contribution in [0.25, 0.3) is 0 Å². The van der Waals surface area contributed by atoms with Crippen LogP contribution in [0.2, 0.25) is 5.02 Å². The highest BCUT2D eigenvalue weighted by Crippen LogP contribution is 2.21. The topological polar surface area (TPSA) is 113 Å². The first kappa shape index (κ1) is 24.6. The van der Waals surface area contributed by atoms with Gasteiger partial charge in [-0.15, -0.1) is 0 Å². The van der Waals surface area contributed by atoms with Gasteiger partial charge in [0.2, 0.25) is 5.76 Å². The van der Waals surface area contributed by atoms with Gasteiger partial charge >= 0.3 is 0 Å². The van der Waals surface area contributed by atoms with Crippen molar-refractivity contribution in [2.45, 2.75) is 13.0 Å². The molecule has 0 saturated heterocycles. The molecule has 0 saturated carbocycles. The Balaban J connectivity index is 1.39. The van der Waals surface area contributed by atoms with Gasteiger partial charge in [0.25, 0.3) is 17.7 Å². The molecule has 3 amide bonds. The molecule has 4 rings (SSSR count). The van der Waals surface area contributed by atoms with Crippen molar-refractivity contribution in [1.82, 2.24) is 10.3 Å². The van der Waals surface area contributed by atoms with Crippen LogP contribution < -0.4 is 16.0 Å². The van der Waals surface area contributed by atoms with Crippen LogP contribution >= 0.6 is 11.6 Å². The summed E-state index contributed by atoms with van der Waals surface area (Å²) in [5.74, 6) is -2.52. The molecule has 0 aliphatic heterocycles. The lowest BCUT2D eigenvalue weighted by Crippen LogP contribution is -2.29. The Bertz CT molecular complexity index is 1410. The predicted octanol–water partition coefficient (Wildman–Crippen LogP) is 5.46. The maximum Gasteiger partial charge on any atom is 0.293 e. The fourth-order valence-corrected chi connectivity index (χ4v) is 3.61. The molecule has 1 aromatic heterocycles. The van der Waals surface area contributed by atoms with Crippen LogP contribution in [0.5, 0.6) is 0 Å². The number of halogens is 2. The van der Waals surface area contributed by atoms with Gasteiger partial charge in [0.1, 0.15) is 5.82 Å². The third kappa shape index (κ3) is 5.76. The highest BCUT2D eigenvalue weighted by Gasteiger charge is 2.24. The van der Waals surface area contributed by atoms with Crippen LogP contribution in [0.1, 0.15) is 49.9 Å². The van der Waals surface area contributed by atoms with E-state index in [0.717, 1.165) is 24.1 Å². The molecule has 1 heterocycles. The van der Waals surface area contributed by atoms with Gasteiger partial charge in [0.15, 0.2) is 12.1 Å². The van der Waals surface area contributed by atoms with Crippen LogP contribution in [0.15, 0.2) is 83.6 Å². The monoisotopic (exact) mass is 506 g/mol. The standard InChI is InChI=1S/C26H20ClFN4O4/c1-15(16-5-3-2-4-6-16)30-25(34)22-23(36-14-29-22)26(35)32-19-10-8-18(9-11-19)31-24(33)20-12-7-17(28)13-21(20)27/h2-15H,1H3,(H,30,34)(H,31,33)(H,32,35). The van der Waals surface area contributed by atoms with Crippen molar-refractivity contribution >= 4 is 40.7 Å². The fraction of sp³-hybridized carbons (Fsp3) is 0.0769. The number of oxazole rings is 1. The average molecular weight is 507 g/mol. The lowest BCUT2D eigenvalue weighted by Gasteiger charge is -2.13. The second-order valence-corrected chi connectivity index (χ2v) is 8.15. The number of rotatable bonds is 7. The highest BCUT2D eigenvalue weighted by atomic mass is 35.5. The van der Waals surface area contributed by atoms with Gasteiger partial charge in [-0.05, 0) is 55.0 Å². The summed E-state index contributed by atoms with van der Waals surface area (Å²) in [5, 5.41) is 8.05. The van der Waals surface area contributed by atoms with E-state index in [0.29, 0.717) is 11.4 Å². The number of carbonyl (C=O) groups is 3. The minimum atomic E-state index is -0.667. The molecule has 1 atom stereocenters. The Morgan fingerprint density at radius 1 is 0.889 bits per heavy atom. The Hall–Kier alpha value is -4.50. The van der Waals surface area contributed by atoms with Crippen LogP contribution in [0.3, 0.4) is 0 Å². The largest absolute Gasteiger partial charge is 0.437 e. The number of nitrogens with zero attached hydrogens (tertiary/aromatic N) is 1. The molecule has 36 heavy (non-hydrogen) atoms. The molecule has 3 N–H and O–H groups in total. The number of hydrogen-bond donors (Lipinski definition) is 3. The zero-order valence-electron chi connectivity index (χ0n) is 18.9. The normalized spacial score (nSPS) is 11.4. The fourth-order valence-electron chi connectivity index (χ4n) is 3.36. The number of aromatic nitrogens is 1. The molecule has 0 aliphatic carbocycles. The van der Waals surface area contributed by atoms with E-state index in [1.807, 2.05) is 37.3 Å². The molecule has 1 unspecified atom stereocenters. The van der Waals surface area contributed by atoms with E-state index < -0.39 is 23.5 Å². The van der Waals surface area contributed by atoms with E-state index in [1.165, 1.54) is 6.07 Å². The average Bonchev–Trinajstić information content (AvgIpc) is 3.36. The van der Waals surface area contributed by atoms with Crippen molar-refractivity contribution in [3.05, 3.63) is 113 Å². The first-order chi connectivity index (χ1) is 17.3. The third-order valence-corrected chi connectivity index (χ3v) is 5.53. The van der Waals surface area contributed by atoms with E-state index >= 15 is 0 Å². The molecule has 0 aliphatic rings. The Morgan fingerprint density at radius 2 is 1.53 bits per heavy atom. The number of amides is 3. The Labute approximate surface area is 210 Å². The zero-order valence-corrected chi connectivity index (χ0v) is 19.7. The number of benzene rings is 3. The van der Waals surface area contributed by atoms with Crippen molar-refractivity contribution < 1.29 is 23.2 Å². The number of carbonyl (C=O) groups excluding carboxylic acids is 3. The summed E-state index contributed by atoms with van der Waals surface area (Å²) in [6, 6.07) is 18.7. The molecule has 0 bridgehead atoms. The van der Waals surface area contributed by atoms with Crippen molar-refractivity contribution in [2.24, 2.45) is 0 Å². The van der Waals surface area contributed by atoms with Crippen molar-refractivity contribution in [2.75, 3.05) is 10.6 Å². The first-order valence-corrected chi connectivity index (χ1v) is 11.2. The maximum absolute atomic E-state index is 13.2. The van der Waals surface area contributed by atoms with E-state index in [2.05, 4.69) is 20.9 Å². The summed E-state index contributed by atoms with van der Waals surface area (Å²) in [4.78, 5) is 41.7. The van der Waals surface area contributed by atoms with Gasteiger partial charge in [-0.2, -0.15) is 0 Å². The SMILES string of the molecule is CC(NC(=O)c1ncoc1C(=O)Nc1ccc(NC(=O)c2ccc(F)cc2Cl)cc1)c1ccccc1. The van der Waals surface area contributed by atoms with Gasteiger partial charge in [-0.25, -0.2) is 9.37 Å². The van der Waals surface area contributed by atoms with E-state index in [1.54, 1.807) is 24.3 Å². The van der Waals surface area contributed by atoms with E-state index in [-0.39, 0.29) is 28.1 Å². The van der Waals surface area contributed by atoms with Crippen molar-refractivity contribution in [3.63, 3.8) is 0 Å². The molecule has 0 spiro atoms. The lowest BCUT2D eigenvalue weighted by atomic mass is 10.1. The maximum atomic E-state index is 13.2. The zero-order chi connectivity index (χ0) is 25.7. The molecule has 0 fully saturated rings. The molecule has 8 nitrogen and oxygen atoms in total.